The smallest absolute Gasteiger partial charge is 0.243 e. The first-order valence-corrected chi connectivity index (χ1v) is 7.65. The highest BCUT2D eigenvalue weighted by Gasteiger charge is 2.31. The Bertz CT molecular complexity index is 595. The molecule has 0 radical (unpaired) electrons. The molecule has 0 saturated carbocycles. The number of nitriles is 1. The molecular weight excluding hydrogens is 298 g/mol. The predicted molar refractivity (Wildman–Crippen MR) is 78.9 cm³/mol. The fourth-order valence-electron chi connectivity index (χ4n) is 2.19. The maximum Gasteiger partial charge on any atom is 0.243 e. The fourth-order valence-corrected chi connectivity index (χ4v) is 3.75. The van der Waals surface area contributed by atoms with Crippen molar-refractivity contribution in [3.63, 3.8) is 0 Å². The van der Waals surface area contributed by atoms with Gasteiger partial charge in [-0.05, 0) is 36.6 Å². The first-order valence-electron chi connectivity index (χ1n) is 6.21. The van der Waals surface area contributed by atoms with Gasteiger partial charge in [-0.3, -0.25) is 0 Å². The van der Waals surface area contributed by atoms with Crippen molar-refractivity contribution >= 4 is 22.4 Å². The van der Waals surface area contributed by atoms with E-state index in [1.165, 1.54) is 28.6 Å². The lowest BCUT2D eigenvalue weighted by molar-refractivity contribution is 0.250. The van der Waals surface area contributed by atoms with Crippen LogP contribution in [0, 0.1) is 17.2 Å². The summed E-state index contributed by atoms with van der Waals surface area (Å²) in [4.78, 5) is 0.231. The van der Waals surface area contributed by atoms with E-state index in [1.807, 2.05) is 13.0 Å². The summed E-state index contributed by atoms with van der Waals surface area (Å²) >= 11 is 0. The molecule has 2 rings (SSSR count). The molecule has 1 aromatic rings. The lowest BCUT2D eigenvalue weighted by atomic mass is 9.96. The number of sulfonamides is 1. The van der Waals surface area contributed by atoms with E-state index in [0.717, 1.165) is 0 Å². The van der Waals surface area contributed by atoms with Gasteiger partial charge in [0.2, 0.25) is 10.0 Å². The standard InChI is InChI=1S/C13H17N3O2S.ClH/c1-10-9-16(7-6-13(10)15)19(17,18)12-4-2-11(8-14)3-5-12;/h2-5,10,13H,6-7,9,15H2,1H3;1H. The van der Waals surface area contributed by atoms with E-state index < -0.39 is 10.0 Å². The first kappa shape index (κ1) is 16.9. The normalized spacial score (nSPS) is 23.6. The van der Waals surface area contributed by atoms with E-state index in [9.17, 15) is 8.42 Å². The maximum absolute atomic E-state index is 12.4. The lowest BCUT2D eigenvalue weighted by Gasteiger charge is -2.34. The van der Waals surface area contributed by atoms with Crippen LogP contribution >= 0.6 is 12.4 Å². The monoisotopic (exact) mass is 315 g/mol. The van der Waals surface area contributed by atoms with Gasteiger partial charge in [0.05, 0.1) is 16.5 Å². The number of hydrogen-bond donors (Lipinski definition) is 1. The molecule has 7 heteroatoms. The molecule has 0 aliphatic carbocycles. The van der Waals surface area contributed by atoms with Crippen LogP contribution in [0.3, 0.4) is 0 Å². The summed E-state index contributed by atoms with van der Waals surface area (Å²) in [5.41, 5.74) is 6.35. The second-order valence-electron chi connectivity index (χ2n) is 4.93. The van der Waals surface area contributed by atoms with E-state index in [1.54, 1.807) is 0 Å². The number of piperidine rings is 1. The van der Waals surface area contributed by atoms with Crippen molar-refractivity contribution < 1.29 is 8.42 Å². The van der Waals surface area contributed by atoms with Crippen molar-refractivity contribution in [3.05, 3.63) is 29.8 Å². The minimum Gasteiger partial charge on any atom is -0.327 e. The van der Waals surface area contributed by atoms with Gasteiger partial charge in [-0.25, -0.2) is 8.42 Å². The maximum atomic E-state index is 12.4. The molecule has 20 heavy (non-hydrogen) atoms. The Labute approximate surface area is 125 Å². The zero-order chi connectivity index (χ0) is 14.0. The van der Waals surface area contributed by atoms with Crippen LogP contribution in [0.25, 0.3) is 0 Å². The summed E-state index contributed by atoms with van der Waals surface area (Å²) in [5.74, 6) is 0.155. The van der Waals surface area contributed by atoms with Gasteiger partial charge in [-0.2, -0.15) is 9.57 Å². The first-order chi connectivity index (χ1) is 8.95. The number of benzene rings is 1. The van der Waals surface area contributed by atoms with Gasteiger partial charge < -0.3 is 5.73 Å². The van der Waals surface area contributed by atoms with Gasteiger partial charge >= 0.3 is 0 Å². The third-order valence-corrected chi connectivity index (χ3v) is 5.43. The Morgan fingerprint density at radius 2 is 1.95 bits per heavy atom. The van der Waals surface area contributed by atoms with Crippen LogP contribution in [-0.2, 0) is 10.0 Å². The van der Waals surface area contributed by atoms with Crippen LogP contribution in [0.2, 0.25) is 0 Å². The topological polar surface area (TPSA) is 87.2 Å². The average Bonchev–Trinajstić information content (AvgIpc) is 2.41. The Kier molecular flexibility index (Phi) is 5.54. The van der Waals surface area contributed by atoms with Crippen molar-refractivity contribution in [2.24, 2.45) is 11.7 Å². The SMILES string of the molecule is CC1CN(S(=O)(=O)c2ccc(C#N)cc2)CCC1N.Cl. The highest BCUT2D eigenvalue weighted by Crippen LogP contribution is 2.23. The Morgan fingerprint density at radius 3 is 2.45 bits per heavy atom. The molecule has 2 unspecified atom stereocenters. The molecule has 0 aromatic heterocycles. The highest BCUT2D eigenvalue weighted by molar-refractivity contribution is 7.89. The number of nitrogens with zero attached hydrogens (tertiary/aromatic N) is 2. The van der Waals surface area contributed by atoms with Crippen LogP contribution < -0.4 is 5.73 Å². The molecule has 110 valence electrons. The minimum atomic E-state index is -3.47. The van der Waals surface area contributed by atoms with Crippen LogP contribution in [-0.4, -0.2) is 31.9 Å². The molecule has 5 nitrogen and oxygen atoms in total. The quantitative estimate of drug-likeness (QED) is 0.892. The second kappa shape index (κ2) is 6.55. The van der Waals surface area contributed by atoms with Crippen LogP contribution in [0.5, 0.6) is 0 Å². The summed E-state index contributed by atoms with van der Waals surface area (Å²) in [7, 11) is -3.47. The van der Waals surface area contributed by atoms with Gasteiger partial charge in [0.25, 0.3) is 0 Å². The fraction of sp³-hybridized carbons (Fsp3) is 0.462. The highest BCUT2D eigenvalue weighted by atomic mass is 35.5. The van der Waals surface area contributed by atoms with E-state index in [2.05, 4.69) is 0 Å². The third kappa shape index (κ3) is 3.30. The molecule has 2 N–H and O–H groups in total. The zero-order valence-electron chi connectivity index (χ0n) is 11.2. The lowest BCUT2D eigenvalue weighted by Crippen LogP contribution is -2.48. The summed E-state index contributed by atoms with van der Waals surface area (Å²) < 4.78 is 26.4. The molecule has 1 heterocycles. The summed E-state index contributed by atoms with van der Waals surface area (Å²) in [6.45, 7) is 2.86. The van der Waals surface area contributed by atoms with Gasteiger partial charge in [0.15, 0.2) is 0 Å². The zero-order valence-corrected chi connectivity index (χ0v) is 12.8. The summed E-state index contributed by atoms with van der Waals surface area (Å²) in [6, 6.07) is 8.03. The molecule has 0 bridgehead atoms. The summed E-state index contributed by atoms with van der Waals surface area (Å²) in [5, 5.41) is 8.72. The molecule has 0 amide bonds. The van der Waals surface area contributed by atoms with Crippen molar-refractivity contribution in [2.45, 2.75) is 24.3 Å². The molecule has 1 saturated heterocycles. The van der Waals surface area contributed by atoms with Gasteiger partial charge in [-0.15, -0.1) is 12.4 Å². The van der Waals surface area contributed by atoms with E-state index in [0.29, 0.717) is 25.1 Å². The Hall–Kier alpha value is -1.13. The molecule has 0 spiro atoms. The van der Waals surface area contributed by atoms with Crippen molar-refractivity contribution in [3.8, 4) is 6.07 Å². The molecule has 1 aromatic carbocycles. The number of hydrogen-bond acceptors (Lipinski definition) is 4. The van der Waals surface area contributed by atoms with E-state index in [4.69, 9.17) is 11.0 Å². The van der Waals surface area contributed by atoms with Gasteiger partial charge in [-0.1, -0.05) is 6.92 Å². The number of rotatable bonds is 2. The molecule has 1 aliphatic rings. The minimum absolute atomic E-state index is 0. The van der Waals surface area contributed by atoms with Gasteiger partial charge in [0.1, 0.15) is 0 Å². The van der Waals surface area contributed by atoms with Crippen LogP contribution in [0.4, 0.5) is 0 Å². The van der Waals surface area contributed by atoms with E-state index >= 15 is 0 Å². The largest absolute Gasteiger partial charge is 0.327 e. The van der Waals surface area contributed by atoms with E-state index in [-0.39, 0.29) is 29.3 Å². The summed E-state index contributed by atoms with van der Waals surface area (Å²) in [6.07, 6.45) is 0.677. The van der Waals surface area contributed by atoms with Crippen molar-refractivity contribution in [1.29, 1.82) is 5.26 Å². The number of halogens is 1. The van der Waals surface area contributed by atoms with Crippen LogP contribution in [0.15, 0.2) is 29.2 Å². The van der Waals surface area contributed by atoms with Crippen molar-refractivity contribution in [2.75, 3.05) is 13.1 Å². The second-order valence-corrected chi connectivity index (χ2v) is 6.87. The molecule has 1 fully saturated rings. The molecule has 1 aliphatic heterocycles. The number of nitrogens with two attached hydrogens (primary N) is 1. The third-order valence-electron chi connectivity index (χ3n) is 3.56. The molecular formula is C13H18ClN3O2S. The van der Waals surface area contributed by atoms with Crippen LogP contribution in [0.1, 0.15) is 18.9 Å². The van der Waals surface area contributed by atoms with Crippen molar-refractivity contribution in [1.82, 2.24) is 4.31 Å². The average molecular weight is 316 g/mol. The molecule has 2 atom stereocenters. The Morgan fingerprint density at radius 1 is 1.35 bits per heavy atom. The van der Waals surface area contributed by atoms with Gasteiger partial charge in [0, 0.05) is 19.1 Å². The predicted octanol–water partition coefficient (Wildman–Crippen LogP) is 1.34. The Balaban J connectivity index is 0.00000200.